The van der Waals surface area contributed by atoms with E-state index < -0.39 is 0 Å². The summed E-state index contributed by atoms with van der Waals surface area (Å²) in [6, 6.07) is 7.19. The molecular weight excluding hydrogens is 230 g/mol. The number of anilines is 1. The maximum atomic E-state index is 11.9. The van der Waals surface area contributed by atoms with Gasteiger partial charge in [-0.2, -0.15) is 0 Å². The SMILES string of the molecule is CCOc1ccc(NC(=O)C(CO)C(C)C)cc1. The van der Waals surface area contributed by atoms with E-state index in [0.29, 0.717) is 12.3 Å². The number of carbonyl (C=O) groups is 1. The molecular formula is C14H21NO3. The van der Waals surface area contributed by atoms with Gasteiger partial charge in [-0.25, -0.2) is 0 Å². The summed E-state index contributed by atoms with van der Waals surface area (Å²) >= 11 is 0. The summed E-state index contributed by atoms with van der Waals surface area (Å²) in [5, 5.41) is 12.0. The van der Waals surface area contributed by atoms with Crippen molar-refractivity contribution in [3.05, 3.63) is 24.3 Å². The van der Waals surface area contributed by atoms with Crippen molar-refractivity contribution in [1.82, 2.24) is 0 Å². The molecule has 0 aromatic heterocycles. The number of nitrogens with one attached hydrogen (secondary N) is 1. The highest BCUT2D eigenvalue weighted by Gasteiger charge is 2.21. The molecule has 4 nitrogen and oxygen atoms in total. The van der Waals surface area contributed by atoms with Gasteiger partial charge in [0.25, 0.3) is 0 Å². The van der Waals surface area contributed by atoms with Crippen LogP contribution in [0.2, 0.25) is 0 Å². The van der Waals surface area contributed by atoms with Gasteiger partial charge in [-0.15, -0.1) is 0 Å². The number of aliphatic hydroxyl groups is 1. The third kappa shape index (κ3) is 4.04. The van der Waals surface area contributed by atoms with Crippen LogP contribution >= 0.6 is 0 Å². The first kappa shape index (κ1) is 14.5. The number of amides is 1. The second kappa shape index (κ2) is 7.01. The zero-order valence-electron chi connectivity index (χ0n) is 11.1. The summed E-state index contributed by atoms with van der Waals surface area (Å²) < 4.78 is 5.32. The highest BCUT2D eigenvalue weighted by molar-refractivity contribution is 5.92. The van der Waals surface area contributed by atoms with Crippen LogP contribution in [0.4, 0.5) is 5.69 Å². The van der Waals surface area contributed by atoms with Crippen LogP contribution in [0.1, 0.15) is 20.8 Å². The van der Waals surface area contributed by atoms with Crippen molar-refractivity contribution in [2.24, 2.45) is 11.8 Å². The van der Waals surface area contributed by atoms with Gasteiger partial charge in [-0.05, 0) is 37.1 Å². The fraction of sp³-hybridized carbons (Fsp3) is 0.500. The molecule has 18 heavy (non-hydrogen) atoms. The van der Waals surface area contributed by atoms with Crippen molar-refractivity contribution in [1.29, 1.82) is 0 Å². The molecule has 0 saturated heterocycles. The Balaban J connectivity index is 2.64. The quantitative estimate of drug-likeness (QED) is 0.815. The normalized spacial score (nSPS) is 12.3. The fourth-order valence-electron chi connectivity index (χ4n) is 1.63. The van der Waals surface area contributed by atoms with Crippen LogP contribution < -0.4 is 10.1 Å². The van der Waals surface area contributed by atoms with E-state index in [1.54, 1.807) is 12.1 Å². The molecule has 4 heteroatoms. The van der Waals surface area contributed by atoms with Gasteiger partial charge in [0, 0.05) is 5.69 Å². The molecule has 1 amide bonds. The van der Waals surface area contributed by atoms with Gasteiger partial charge in [0.05, 0.1) is 19.1 Å². The second-order valence-corrected chi connectivity index (χ2v) is 4.48. The minimum atomic E-state index is -0.378. The molecule has 1 aromatic carbocycles. The van der Waals surface area contributed by atoms with Crippen LogP contribution in [-0.2, 0) is 4.79 Å². The van der Waals surface area contributed by atoms with Gasteiger partial charge in [0.15, 0.2) is 0 Å². The topological polar surface area (TPSA) is 58.6 Å². The van der Waals surface area contributed by atoms with E-state index in [1.165, 1.54) is 0 Å². The van der Waals surface area contributed by atoms with Gasteiger partial charge in [-0.1, -0.05) is 13.8 Å². The zero-order chi connectivity index (χ0) is 13.5. The van der Waals surface area contributed by atoms with Crippen molar-refractivity contribution in [2.75, 3.05) is 18.5 Å². The molecule has 0 aliphatic rings. The predicted molar refractivity (Wildman–Crippen MR) is 71.7 cm³/mol. The van der Waals surface area contributed by atoms with Crippen molar-refractivity contribution in [3.8, 4) is 5.75 Å². The fourth-order valence-corrected chi connectivity index (χ4v) is 1.63. The van der Waals surface area contributed by atoms with Crippen LogP contribution in [0.5, 0.6) is 5.75 Å². The Morgan fingerprint density at radius 3 is 2.39 bits per heavy atom. The lowest BCUT2D eigenvalue weighted by Crippen LogP contribution is -2.29. The highest BCUT2D eigenvalue weighted by Crippen LogP contribution is 2.18. The molecule has 1 aromatic rings. The summed E-state index contributed by atoms with van der Waals surface area (Å²) in [5.41, 5.74) is 0.711. The first-order valence-electron chi connectivity index (χ1n) is 6.23. The number of benzene rings is 1. The first-order chi connectivity index (χ1) is 8.58. The lowest BCUT2D eigenvalue weighted by Gasteiger charge is -2.17. The predicted octanol–water partition coefficient (Wildman–Crippen LogP) is 2.29. The van der Waals surface area contributed by atoms with Crippen LogP contribution in [0.3, 0.4) is 0 Å². The Bertz CT molecular complexity index is 373. The number of carbonyl (C=O) groups excluding carboxylic acids is 1. The maximum absolute atomic E-state index is 11.9. The number of hydrogen-bond acceptors (Lipinski definition) is 3. The molecule has 0 aliphatic heterocycles. The molecule has 2 N–H and O–H groups in total. The van der Waals surface area contributed by atoms with E-state index in [-0.39, 0.29) is 24.3 Å². The molecule has 0 heterocycles. The lowest BCUT2D eigenvalue weighted by atomic mass is 9.96. The number of hydrogen-bond donors (Lipinski definition) is 2. The molecule has 1 unspecified atom stereocenters. The Labute approximate surface area is 108 Å². The number of ether oxygens (including phenoxy) is 1. The Hall–Kier alpha value is -1.55. The van der Waals surface area contributed by atoms with Gasteiger partial charge in [-0.3, -0.25) is 4.79 Å². The summed E-state index contributed by atoms with van der Waals surface area (Å²) in [7, 11) is 0. The zero-order valence-corrected chi connectivity index (χ0v) is 11.1. The summed E-state index contributed by atoms with van der Waals surface area (Å²) in [5.74, 6) is 0.351. The molecule has 0 radical (unpaired) electrons. The minimum absolute atomic E-state index is 0.109. The largest absolute Gasteiger partial charge is 0.494 e. The second-order valence-electron chi connectivity index (χ2n) is 4.48. The number of rotatable bonds is 6. The molecule has 0 bridgehead atoms. The van der Waals surface area contributed by atoms with Crippen LogP contribution in [0, 0.1) is 11.8 Å². The van der Waals surface area contributed by atoms with Crippen molar-refractivity contribution < 1.29 is 14.6 Å². The smallest absolute Gasteiger partial charge is 0.230 e. The van der Waals surface area contributed by atoms with Crippen molar-refractivity contribution in [2.45, 2.75) is 20.8 Å². The Morgan fingerprint density at radius 1 is 1.33 bits per heavy atom. The molecule has 1 atom stereocenters. The lowest BCUT2D eigenvalue weighted by molar-refractivity contribution is -0.122. The number of aliphatic hydroxyl groups excluding tert-OH is 1. The Morgan fingerprint density at radius 2 is 1.94 bits per heavy atom. The van der Waals surface area contributed by atoms with Crippen molar-refractivity contribution >= 4 is 11.6 Å². The summed E-state index contributed by atoms with van der Waals surface area (Å²) in [6.45, 7) is 6.23. The van der Waals surface area contributed by atoms with E-state index in [1.807, 2.05) is 32.9 Å². The van der Waals surface area contributed by atoms with E-state index in [0.717, 1.165) is 5.75 Å². The molecule has 0 aliphatic carbocycles. The monoisotopic (exact) mass is 251 g/mol. The summed E-state index contributed by atoms with van der Waals surface area (Å²) in [4.78, 5) is 11.9. The third-order valence-corrected chi connectivity index (χ3v) is 2.77. The molecule has 0 spiro atoms. The average molecular weight is 251 g/mol. The van der Waals surface area contributed by atoms with Crippen LogP contribution in [0.15, 0.2) is 24.3 Å². The molecule has 0 saturated carbocycles. The van der Waals surface area contributed by atoms with Gasteiger partial charge in [0.1, 0.15) is 5.75 Å². The minimum Gasteiger partial charge on any atom is -0.494 e. The van der Waals surface area contributed by atoms with E-state index in [2.05, 4.69) is 5.32 Å². The van der Waals surface area contributed by atoms with E-state index in [4.69, 9.17) is 4.74 Å². The first-order valence-corrected chi connectivity index (χ1v) is 6.23. The highest BCUT2D eigenvalue weighted by atomic mass is 16.5. The van der Waals surface area contributed by atoms with Gasteiger partial charge in [0.2, 0.25) is 5.91 Å². The van der Waals surface area contributed by atoms with E-state index >= 15 is 0 Å². The average Bonchev–Trinajstić information content (AvgIpc) is 2.32. The maximum Gasteiger partial charge on any atom is 0.230 e. The molecule has 0 fully saturated rings. The van der Waals surface area contributed by atoms with Crippen molar-refractivity contribution in [3.63, 3.8) is 0 Å². The van der Waals surface area contributed by atoms with Gasteiger partial charge < -0.3 is 15.2 Å². The standard InChI is InChI=1S/C14H21NO3/c1-4-18-12-7-5-11(6-8-12)15-14(17)13(9-16)10(2)3/h5-8,10,13,16H,4,9H2,1-3H3,(H,15,17). The van der Waals surface area contributed by atoms with Crippen LogP contribution in [-0.4, -0.2) is 24.2 Å². The molecule has 100 valence electrons. The Kier molecular flexibility index (Phi) is 5.65. The third-order valence-electron chi connectivity index (χ3n) is 2.77. The van der Waals surface area contributed by atoms with Crippen LogP contribution in [0.25, 0.3) is 0 Å². The van der Waals surface area contributed by atoms with Gasteiger partial charge >= 0.3 is 0 Å². The summed E-state index contributed by atoms with van der Waals surface area (Å²) in [6.07, 6.45) is 0. The molecule has 1 rings (SSSR count). The van der Waals surface area contributed by atoms with E-state index in [9.17, 15) is 9.90 Å².